The molecule has 0 aliphatic carbocycles. The van der Waals surface area contributed by atoms with Crippen LogP contribution < -0.4 is 5.32 Å². The Labute approximate surface area is 84.4 Å². The lowest BCUT2D eigenvalue weighted by Gasteiger charge is -2.07. The number of hydrogen-bond acceptors (Lipinski definition) is 3. The molecular weight excluding hydrogens is 186 g/mol. The van der Waals surface area contributed by atoms with Crippen molar-refractivity contribution in [3.05, 3.63) is 23.8 Å². The zero-order valence-electron chi connectivity index (χ0n) is 7.66. The van der Waals surface area contributed by atoms with Crippen molar-refractivity contribution < 1.29 is 0 Å². The van der Waals surface area contributed by atoms with Gasteiger partial charge in [0.05, 0.1) is 6.04 Å². The van der Waals surface area contributed by atoms with Gasteiger partial charge < -0.3 is 5.32 Å². The van der Waals surface area contributed by atoms with Crippen LogP contribution in [0.25, 0.3) is 0 Å². The second kappa shape index (κ2) is 4.53. The molecular formula is C9H14ClN3. The molecule has 1 N–H and O–H groups in total. The highest BCUT2D eigenvalue weighted by molar-refractivity contribution is 5.85. The summed E-state index contributed by atoms with van der Waals surface area (Å²) in [4.78, 5) is 8.63. The zero-order chi connectivity index (χ0) is 8.39. The molecule has 0 spiro atoms. The maximum atomic E-state index is 4.38. The summed E-state index contributed by atoms with van der Waals surface area (Å²) in [5, 5.41) is 3.38. The Morgan fingerprint density at radius 1 is 1.54 bits per heavy atom. The molecule has 13 heavy (non-hydrogen) atoms. The normalized spacial score (nSPS) is 21.2. The summed E-state index contributed by atoms with van der Waals surface area (Å²) in [6, 6.07) is 2.32. The van der Waals surface area contributed by atoms with Crippen molar-refractivity contribution in [3.8, 4) is 0 Å². The molecule has 0 bridgehead atoms. The number of nitrogens with one attached hydrogen (secondary N) is 1. The van der Waals surface area contributed by atoms with E-state index in [0.29, 0.717) is 6.04 Å². The molecule has 1 saturated heterocycles. The highest BCUT2D eigenvalue weighted by Crippen LogP contribution is 2.18. The molecule has 1 atom stereocenters. The maximum Gasteiger partial charge on any atom is 0.145 e. The van der Waals surface area contributed by atoms with E-state index >= 15 is 0 Å². The van der Waals surface area contributed by atoms with E-state index in [-0.39, 0.29) is 12.4 Å². The SMILES string of the molecule is Cc1ccnc(C2CCCN2)n1.Cl. The fourth-order valence-electron chi connectivity index (χ4n) is 1.54. The predicted molar refractivity (Wildman–Crippen MR) is 54.0 cm³/mol. The van der Waals surface area contributed by atoms with Crippen molar-refractivity contribution in [2.75, 3.05) is 6.54 Å². The van der Waals surface area contributed by atoms with E-state index in [1.165, 1.54) is 12.8 Å². The fraction of sp³-hybridized carbons (Fsp3) is 0.556. The Morgan fingerprint density at radius 2 is 2.38 bits per heavy atom. The van der Waals surface area contributed by atoms with Crippen LogP contribution in [0.5, 0.6) is 0 Å². The van der Waals surface area contributed by atoms with Gasteiger partial charge >= 0.3 is 0 Å². The van der Waals surface area contributed by atoms with E-state index in [1.807, 2.05) is 19.2 Å². The van der Waals surface area contributed by atoms with Gasteiger partial charge in [0.2, 0.25) is 0 Å². The molecule has 1 aromatic rings. The van der Waals surface area contributed by atoms with Crippen molar-refractivity contribution in [3.63, 3.8) is 0 Å². The summed E-state index contributed by atoms with van der Waals surface area (Å²) >= 11 is 0. The molecule has 2 heterocycles. The third-order valence-electron chi connectivity index (χ3n) is 2.19. The van der Waals surface area contributed by atoms with Crippen LogP contribution in [-0.4, -0.2) is 16.5 Å². The van der Waals surface area contributed by atoms with Crippen molar-refractivity contribution in [1.82, 2.24) is 15.3 Å². The monoisotopic (exact) mass is 199 g/mol. The smallest absolute Gasteiger partial charge is 0.145 e. The molecule has 72 valence electrons. The Morgan fingerprint density at radius 3 is 3.00 bits per heavy atom. The molecule has 0 aromatic carbocycles. The van der Waals surface area contributed by atoms with Gasteiger partial charge in [-0.05, 0) is 32.4 Å². The quantitative estimate of drug-likeness (QED) is 0.747. The van der Waals surface area contributed by atoms with Gasteiger partial charge in [0.15, 0.2) is 0 Å². The number of aromatic nitrogens is 2. The van der Waals surface area contributed by atoms with Gasteiger partial charge in [-0.25, -0.2) is 9.97 Å². The first kappa shape index (κ1) is 10.4. The van der Waals surface area contributed by atoms with Crippen LogP contribution in [0.1, 0.15) is 30.4 Å². The van der Waals surface area contributed by atoms with Gasteiger partial charge in [-0.1, -0.05) is 0 Å². The van der Waals surface area contributed by atoms with Crippen LogP contribution in [0, 0.1) is 6.92 Å². The molecule has 2 rings (SSSR count). The lowest BCUT2D eigenvalue weighted by molar-refractivity contribution is 0.602. The average Bonchev–Trinajstić information content (AvgIpc) is 2.56. The van der Waals surface area contributed by atoms with Crippen LogP contribution in [0.4, 0.5) is 0 Å². The second-order valence-electron chi connectivity index (χ2n) is 3.21. The Bertz CT molecular complexity index is 271. The molecule has 3 nitrogen and oxygen atoms in total. The third kappa shape index (κ3) is 2.39. The molecule has 1 fully saturated rings. The van der Waals surface area contributed by atoms with Gasteiger partial charge in [0.25, 0.3) is 0 Å². The summed E-state index contributed by atoms with van der Waals surface area (Å²) in [6.45, 7) is 3.10. The van der Waals surface area contributed by atoms with Crippen LogP contribution in [0.15, 0.2) is 12.3 Å². The van der Waals surface area contributed by atoms with Crippen molar-refractivity contribution in [2.24, 2.45) is 0 Å². The van der Waals surface area contributed by atoms with Crippen molar-refractivity contribution in [2.45, 2.75) is 25.8 Å². The van der Waals surface area contributed by atoms with E-state index in [2.05, 4.69) is 15.3 Å². The van der Waals surface area contributed by atoms with Gasteiger partial charge in [-0.2, -0.15) is 0 Å². The van der Waals surface area contributed by atoms with E-state index < -0.39 is 0 Å². The van der Waals surface area contributed by atoms with E-state index in [9.17, 15) is 0 Å². The van der Waals surface area contributed by atoms with Crippen LogP contribution in [0.2, 0.25) is 0 Å². The topological polar surface area (TPSA) is 37.8 Å². The predicted octanol–water partition coefficient (Wildman–Crippen LogP) is 1.63. The van der Waals surface area contributed by atoms with Crippen LogP contribution in [-0.2, 0) is 0 Å². The van der Waals surface area contributed by atoms with Crippen LogP contribution >= 0.6 is 12.4 Å². The summed E-state index contributed by atoms with van der Waals surface area (Å²) in [5.74, 6) is 0.951. The fourth-order valence-corrected chi connectivity index (χ4v) is 1.54. The second-order valence-corrected chi connectivity index (χ2v) is 3.21. The minimum atomic E-state index is 0. The third-order valence-corrected chi connectivity index (χ3v) is 2.19. The summed E-state index contributed by atoms with van der Waals surface area (Å²) in [5.41, 5.74) is 1.05. The molecule has 0 amide bonds. The molecule has 4 heteroatoms. The van der Waals surface area contributed by atoms with Gasteiger partial charge in [-0.15, -0.1) is 12.4 Å². The first-order valence-corrected chi connectivity index (χ1v) is 4.39. The van der Waals surface area contributed by atoms with E-state index in [1.54, 1.807) is 0 Å². The number of nitrogens with zero attached hydrogens (tertiary/aromatic N) is 2. The average molecular weight is 200 g/mol. The lowest BCUT2D eigenvalue weighted by atomic mass is 10.2. The summed E-state index contributed by atoms with van der Waals surface area (Å²) in [7, 11) is 0. The van der Waals surface area contributed by atoms with Crippen molar-refractivity contribution >= 4 is 12.4 Å². The Balaban J connectivity index is 0.000000845. The number of aryl methyl sites for hydroxylation is 1. The van der Waals surface area contributed by atoms with Crippen LogP contribution in [0.3, 0.4) is 0 Å². The molecule has 1 aliphatic heterocycles. The van der Waals surface area contributed by atoms with E-state index in [4.69, 9.17) is 0 Å². The summed E-state index contributed by atoms with van der Waals surface area (Å²) in [6.07, 6.45) is 4.24. The minimum Gasteiger partial charge on any atom is -0.307 e. The first-order chi connectivity index (χ1) is 5.86. The number of rotatable bonds is 1. The molecule has 1 aliphatic rings. The standard InChI is InChI=1S/C9H13N3.ClH/c1-7-4-6-11-9(12-7)8-3-2-5-10-8;/h4,6,8,10H,2-3,5H2,1H3;1H. The van der Waals surface area contributed by atoms with Gasteiger partial charge in [0, 0.05) is 11.9 Å². The van der Waals surface area contributed by atoms with Gasteiger partial charge in [0.1, 0.15) is 5.82 Å². The highest BCUT2D eigenvalue weighted by atomic mass is 35.5. The Kier molecular flexibility index (Phi) is 3.63. The highest BCUT2D eigenvalue weighted by Gasteiger charge is 2.18. The number of halogens is 1. The van der Waals surface area contributed by atoms with Crippen molar-refractivity contribution in [1.29, 1.82) is 0 Å². The minimum absolute atomic E-state index is 0. The molecule has 1 aromatic heterocycles. The maximum absolute atomic E-state index is 4.38. The molecule has 0 saturated carbocycles. The Hall–Kier alpha value is -0.670. The zero-order valence-corrected chi connectivity index (χ0v) is 8.47. The molecule has 1 unspecified atom stereocenters. The van der Waals surface area contributed by atoms with E-state index in [0.717, 1.165) is 18.1 Å². The summed E-state index contributed by atoms with van der Waals surface area (Å²) < 4.78 is 0. The first-order valence-electron chi connectivity index (χ1n) is 4.39. The number of hydrogen-bond donors (Lipinski definition) is 1. The van der Waals surface area contributed by atoms with Gasteiger partial charge in [-0.3, -0.25) is 0 Å². The molecule has 0 radical (unpaired) electrons. The largest absolute Gasteiger partial charge is 0.307 e. The lowest BCUT2D eigenvalue weighted by Crippen LogP contribution is -2.15.